The quantitative estimate of drug-likeness (QED) is 0.757. The molecular weight excluding hydrogens is 190 g/mol. The minimum Gasteiger partial charge on any atom is -0.383 e. The van der Waals surface area contributed by atoms with E-state index in [1.165, 1.54) is 18.4 Å². The Hall–Kier alpha value is -0.870. The van der Waals surface area contributed by atoms with Gasteiger partial charge in [-0.3, -0.25) is 4.68 Å². The summed E-state index contributed by atoms with van der Waals surface area (Å²) >= 11 is 0. The first-order valence-electron chi connectivity index (χ1n) is 5.49. The molecule has 1 aromatic rings. The van der Waals surface area contributed by atoms with Crippen molar-refractivity contribution in [1.29, 1.82) is 0 Å². The molecule has 84 valence electrons. The van der Waals surface area contributed by atoms with Gasteiger partial charge in [0.05, 0.1) is 12.8 Å². The maximum Gasteiger partial charge on any atom is 0.0618 e. The minimum absolute atomic E-state index is 0.509. The molecule has 4 heteroatoms. The van der Waals surface area contributed by atoms with E-state index in [0.717, 1.165) is 19.1 Å². The maximum absolute atomic E-state index is 5.22. The van der Waals surface area contributed by atoms with Gasteiger partial charge < -0.3 is 10.1 Å². The summed E-state index contributed by atoms with van der Waals surface area (Å²) in [5.41, 5.74) is 1.24. The lowest BCUT2D eigenvalue weighted by atomic mass is 10.2. The Labute approximate surface area is 90.6 Å². The Balaban J connectivity index is 1.79. The minimum atomic E-state index is 0.509. The van der Waals surface area contributed by atoms with Gasteiger partial charge in [0.25, 0.3) is 0 Å². The molecule has 0 spiro atoms. The zero-order valence-corrected chi connectivity index (χ0v) is 9.44. The van der Waals surface area contributed by atoms with E-state index < -0.39 is 0 Å². The van der Waals surface area contributed by atoms with Crippen molar-refractivity contribution in [1.82, 2.24) is 15.1 Å². The highest BCUT2D eigenvalue weighted by atomic mass is 16.5. The molecule has 1 unspecified atom stereocenters. The van der Waals surface area contributed by atoms with Crippen molar-refractivity contribution < 1.29 is 4.74 Å². The number of methoxy groups -OCH3 is 1. The average Bonchev–Trinajstić information content (AvgIpc) is 2.97. The lowest BCUT2D eigenvalue weighted by Gasteiger charge is -2.16. The van der Waals surface area contributed by atoms with Crippen LogP contribution in [-0.4, -0.2) is 29.5 Å². The van der Waals surface area contributed by atoms with Crippen LogP contribution in [0.5, 0.6) is 0 Å². The van der Waals surface area contributed by atoms with Gasteiger partial charge in [-0.05, 0) is 18.8 Å². The number of aromatic nitrogens is 2. The Morgan fingerprint density at radius 2 is 2.47 bits per heavy atom. The first kappa shape index (κ1) is 10.6. The van der Waals surface area contributed by atoms with Crippen LogP contribution in [0.15, 0.2) is 12.4 Å². The molecule has 1 saturated carbocycles. The molecule has 1 heterocycles. The summed E-state index contributed by atoms with van der Waals surface area (Å²) in [6.45, 7) is 1.70. The molecule has 0 aliphatic heterocycles. The van der Waals surface area contributed by atoms with Crippen molar-refractivity contribution in [2.24, 2.45) is 13.0 Å². The van der Waals surface area contributed by atoms with Gasteiger partial charge in [-0.25, -0.2) is 0 Å². The van der Waals surface area contributed by atoms with Gasteiger partial charge in [0, 0.05) is 38.5 Å². The van der Waals surface area contributed by atoms with E-state index in [1.54, 1.807) is 7.11 Å². The largest absolute Gasteiger partial charge is 0.383 e. The van der Waals surface area contributed by atoms with Gasteiger partial charge in [-0.2, -0.15) is 5.10 Å². The molecule has 1 aromatic heterocycles. The number of nitrogens with one attached hydrogen (secondary N) is 1. The van der Waals surface area contributed by atoms with E-state index in [1.807, 2.05) is 24.1 Å². The van der Waals surface area contributed by atoms with Gasteiger partial charge >= 0.3 is 0 Å². The van der Waals surface area contributed by atoms with Crippen molar-refractivity contribution in [3.8, 4) is 0 Å². The van der Waals surface area contributed by atoms with Gasteiger partial charge in [-0.1, -0.05) is 0 Å². The van der Waals surface area contributed by atoms with Crippen LogP contribution >= 0.6 is 0 Å². The van der Waals surface area contributed by atoms with Crippen LogP contribution in [0, 0.1) is 5.92 Å². The van der Waals surface area contributed by atoms with E-state index in [2.05, 4.69) is 10.4 Å². The van der Waals surface area contributed by atoms with Gasteiger partial charge in [0.1, 0.15) is 0 Å². The number of ether oxygens (including phenoxy) is 1. The topological polar surface area (TPSA) is 39.1 Å². The average molecular weight is 209 g/mol. The molecule has 15 heavy (non-hydrogen) atoms. The lowest BCUT2D eigenvalue weighted by Crippen LogP contribution is -2.34. The third-order valence-corrected chi connectivity index (χ3v) is 2.86. The van der Waals surface area contributed by atoms with Crippen LogP contribution in [0.1, 0.15) is 18.4 Å². The van der Waals surface area contributed by atoms with E-state index in [9.17, 15) is 0 Å². The zero-order chi connectivity index (χ0) is 10.7. The molecule has 0 amide bonds. The van der Waals surface area contributed by atoms with Crippen molar-refractivity contribution in [3.05, 3.63) is 18.0 Å². The van der Waals surface area contributed by atoms with Crippen LogP contribution in [0.4, 0.5) is 0 Å². The van der Waals surface area contributed by atoms with E-state index in [0.29, 0.717) is 6.04 Å². The highest BCUT2D eigenvalue weighted by Gasteiger charge is 2.30. The number of rotatable bonds is 6. The molecule has 1 atom stereocenters. The molecule has 4 nitrogen and oxygen atoms in total. The normalized spacial score (nSPS) is 18.0. The Morgan fingerprint density at radius 1 is 1.67 bits per heavy atom. The van der Waals surface area contributed by atoms with Crippen molar-refractivity contribution in [3.63, 3.8) is 0 Å². The summed E-state index contributed by atoms with van der Waals surface area (Å²) in [6.07, 6.45) is 6.63. The predicted molar refractivity (Wildman–Crippen MR) is 58.4 cm³/mol. The first-order valence-corrected chi connectivity index (χ1v) is 5.49. The molecule has 1 N–H and O–H groups in total. The molecule has 0 aromatic carbocycles. The summed E-state index contributed by atoms with van der Waals surface area (Å²) in [7, 11) is 3.71. The summed E-state index contributed by atoms with van der Waals surface area (Å²) < 4.78 is 7.05. The smallest absolute Gasteiger partial charge is 0.0618 e. The van der Waals surface area contributed by atoms with Gasteiger partial charge in [0.2, 0.25) is 0 Å². The van der Waals surface area contributed by atoms with Crippen LogP contribution in [-0.2, 0) is 18.3 Å². The number of aryl methyl sites for hydroxylation is 1. The Kier molecular flexibility index (Phi) is 3.38. The predicted octanol–water partition coefficient (Wildman–Crippen LogP) is 0.935. The number of nitrogens with zero attached hydrogens (tertiary/aromatic N) is 2. The summed E-state index contributed by atoms with van der Waals surface area (Å²) in [5, 5.41) is 7.68. The SMILES string of the molecule is COCC(NCc1cnn(C)c1)C1CC1. The molecule has 0 saturated heterocycles. The van der Waals surface area contributed by atoms with Crippen LogP contribution in [0.2, 0.25) is 0 Å². The van der Waals surface area contributed by atoms with Gasteiger partial charge in [-0.15, -0.1) is 0 Å². The Bertz CT molecular complexity index is 307. The molecular formula is C11H19N3O. The molecule has 0 bridgehead atoms. The third kappa shape index (κ3) is 3.04. The fourth-order valence-corrected chi connectivity index (χ4v) is 1.85. The third-order valence-electron chi connectivity index (χ3n) is 2.86. The molecule has 1 aliphatic carbocycles. The van der Waals surface area contributed by atoms with Crippen molar-refractivity contribution >= 4 is 0 Å². The standard InChI is InChI=1S/C11H19N3O/c1-14-7-9(6-13-14)5-12-11(8-15-2)10-3-4-10/h6-7,10-12H,3-5,8H2,1-2H3. The fraction of sp³-hybridized carbons (Fsp3) is 0.727. The molecule has 0 radical (unpaired) electrons. The van der Waals surface area contributed by atoms with Crippen LogP contribution in [0.3, 0.4) is 0 Å². The first-order chi connectivity index (χ1) is 7.29. The summed E-state index contributed by atoms with van der Waals surface area (Å²) in [6, 6.07) is 0.509. The van der Waals surface area contributed by atoms with Crippen LogP contribution < -0.4 is 5.32 Å². The second kappa shape index (κ2) is 4.77. The Morgan fingerprint density at radius 3 is 3.00 bits per heavy atom. The summed E-state index contributed by atoms with van der Waals surface area (Å²) in [4.78, 5) is 0. The maximum atomic E-state index is 5.22. The van der Waals surface area contributed by atoms with Crippen molar-refractivity contribution in [2.45, 2.75) is 25.4 Å². The van der Waals surface area contributed by atoms with E-state index >= 15 is 0 Å². The highest BCUT2D eigenvalue weighted by Crippen LogP contribution is 2.32. The summed E-state index contributed by atoms with van der Waals surface area (Å²) in [5.74, 6) is 0.821. The van der Waals surface area contributed by atoms with Crippen LogP contribution in [0.25, 0.3) is 0 Å². The van der Waals surface area contributed by atoms with E-state index in [-0.39, 0.29) is 0 Å². The molecule has 1 aliphatic rings. The van der Waals surface area contributed by atoms with E-state index in [4.69, 9.17) is 4.74 Å². The second-order valence-electron chi connectivity index (χ2n) is 4.30. The monoisotopic (exact) mass is 209 g/mol. The zero-order valence-electron chi connectivity index (χ0n) is 9.44. The lowest BCUT2D eigenvalue weighted by molar-refractivity contribution is 0.157. The fourth-order valence-electron chi connectivity index (χ4n) is 1.85. The van der Waals surface area contributed by atoms with Gasteiger partial charge in [0.15, 0.2) is 0 Å². The number of hydrogen-bond acceptors (Lipinski definition) is 3. The highest BCUT2D eigenvalue weighted by molar-refractivity contribution is 5.03. The number of hydrogen-bond donors (Lipinski definition) is 1. The molecule has 2 rings (SSSR count). The second-order valence-corrected chi connectivity index (χ2v) is 4.30. The van der Waals surface area contributed by atoms with Crippen molar-refractivity contribution in [2.75, 3.05) is 13.7 Å². The molecule has 1 fully saturated rings.